The smallest absolute Gasteiger partial charge is 0.370 e. The van der Waals surface area contributed by atoms with Gasteiger partial charge in [-0.1, -0.05) is 0 Å². The number of hydrogen-bond acceptors (Lipinski definition) is 1. The molecule has 1 amide bonds. The van der Waals surface area contributed by atoms with Gasteiger partial charge in [-0.15, -0.1) is 0 Å². The molecule has 0 atom stereocenters. The lowest BCUT2D eigenvalue weighted by molar-refractivity contribution is -0.136. The third-order valence-electron chi connectivity index (χ3n) is 1.13. The van der Waals surface area contributed by atoms with Gasteiger partial charge in [-0.25, -0.2) is 0 Å². The number of unbranched alkanes of at least 4 members (excludes halogenated alkanes) is 1. The summed E-state index contributed by atoms with van der Waals surface area (Å²) in [5.41, 5.74) is 4.72. The number of amides is 1. The Balaban J connectivity index is 0. The zero-order chi connectivity index (χ0) is 8.91. The molecule has 0 heterocycles. The van der Waals surface area contributed by atoms with Crippen molar-refractivity contribution in [3.8, 4) is 0 Å². The standard InChI is InChI=1S/C6H10F3NO.H2/c7-6(8,9)4-2-1-3-5(10)11;/h1-4H2,(H2,10,11);1H. The van der Waals surface area contributed by atoms with Crippen molar-refractivity contribution in [3.05, 3.63) is 0 Å². The van der Waals surface area contributed by atoms with E-state index in [1.807, 2.05) is 0 Å². The summed E-state index contributed by atoms with van der Waals surface area (Å²) in [6, 6.07) is 0. The van der Waals surface area contributed by atoms with Crippen molar-refractivity contribution in [2.45, 2.75) is 31.9 Å². The van der Waals surface area contributed by atoms with Crippen molar-refractivity contribution < 1.29 is 19.4 Å². The summed E-state index contributed by atoms with van der Waals surface area (Å²) in [5.74, 6) is -0.549. The lowest BCUT2D eigenvalue weighted by atomic mass is 10.2. The number of carbonyl (C=O) groups is 1. The van der Waals surface area contributed by atoms with Gasteiger partial charge in [0.05, 0.1) is 0 Å². The Morgan fingerprint density at radius 1 is 1.36 bits per heavy atom. The van der Waals surface area contributed by atoms with Gasteiger partial charge in [0.1, 0.15) is 0 Å². The molecule has 0 aliphatic carbocycles. The second kappa shape index (κ2) is 4.20. The van der Waals surface area contributed by atoms with E-state index >= 15 is 0 Å². The minimum atomic E-state index is -4.11. The molecule has 5 heteroatoms. The second-order valence-corrected chi connectivity index (χ2v) is 2.29. The van der Waals surface area contributed by atoms with Crippen LogP contribution in [0.3, 0.4) is 0 Å². The van der Waals surface area contributed by atoms with Gasteiger partial charge in [-0.3, -0.25) is 4.79 Å². The first-order valence-electron chi connectivity index (χ1n) is 3.27. The fourth-order valence-corrected chi connectivity index (χ4v) is 0.625. The van der Waals surface area contributed by atoms with Crippen LogP contribution in [0.25, 0.3) is 0 Å². The summed E-state index contributed by atoms with van der Waals surface area (Å²) in [6.45, 7) is 0. The van der Waals surface area contributed by atoms with Gasteiger partial charge in [-0.05, 0) is 12.8 Å². The quantitative estimate of drug-likeness (QED) is 0.644. The monoisotopic (exact) mass is 171 g/mol. The third-order valence-corrected chi connectivity index (χ3v) is 1.13. The van der Waals surface area contributed by atoms with E-state index in [9.17, 15) is 18.0 Å². The first-order chi connectivity index (χ1) is 4.92. The Morgan fingerprint density at radius 3 is 2.27 bits per heavy atom. The first kappa shape index (κ1) is 10.3. The molecule has 0 fully saturated rings. The number of halogens is 3. The number of rotatable bonds is 4. The van der Waals surface area contributed by atoms with Crippen LogP contribution in [0.4, 0.5) is 13.2 Å². The first-order valence-corrected chi connectivity index (χ1v) is 3.27. The van der Waals surface area contributed by atoms with Gasteiger partial charge in [0, 0.05) is 14.3 Å². The van der Waals surface area contributed by atoms with Crippen molar-refractivity contribution in [1.29, 1.82) is 0 Å². The SMILES string of the molecule is NC(=O)CCCCC(F)(F)F.[HH]. The second-order valence-electron chi connectivity index (χ2n) is 2.29. The van der Waals surface area contributed by atoms with Crippen molar-refractivity contribution >= 4 is 5.91 Å². The minimum absolute atomic E-state index is 0. The number of carbonyl (C=O) groups excluding carboxylic acids is 1. The van der Waals surface area contributed by atoms with Gasteiger partial charge in [0.25, 0.3) is 0 Å². The largest absolute Gasteiger partial charge is 0.389 e. The van der Waals surface area contributed by atoms with Gasteiger partial charge in [0.2, 0.25) is 5.91 Å². The molecule has 11 heavy (non-hydrogen) atoms. The molecule has 68 valence electrons. The fraction of sp³-hybridized carbons (Fsp3) is 0.833. The Labute approximate surface area is 64.0 Å². The van der Waals surface area contributed by atoms with Gasteiger partial charge in [0.15, 0.2) is 0 Å². The lowest BCUT2D eigenvalue weighted by Crippen LogP contribution is -2.11. The van der Waals surface area contributed by atoms with Crippen LogP contribution in [0.2, 0.25) is 0 Å². The van der Waals surface area contributed by atoms with Gasteiger partial charge >= 0.3 is 6.18 Å². The maximum atomic E-state index is 11.5. The molecular weight excluding hydrogens is 159 g/mol. The highest BCUT2D eigenvalue weighted by Crippen LogP contribution is 2.22. The van der Waals surface area contributed by atoms with Gasteiger partial charge < -0.3 is 5.73 Å². The van der Waals surface area contributed by atoms with Crippen LogP contribution in [0.15, 0.2) is 0 Å². The molecule has 0 radical (unpaired) electrons. The van der Waals surface area contributed by atoms with E-state index in [1.54, 1.807) is 0 Å². The Kier molecular flexibility index (Phi) is 3.92. The normalized spacial score (nSPS) is 11.5. The molecular formula is C6H12F3NO. The van der Waals surface area contributed by atoms with Crippen molar-refractivity contribution in [3.63, 3.8) is 0 Å². The molecule has 0 saturated heterocycles. The van der Waals surface area contributed by atoms with Crippen LogP contribution in [0.1, 0.15) is 27.1 Å². The molecule has 0 unspecified atom stereocenters. The molecule has 0 spiro atoms. The van der Waals surface area contributed by atoms with E-state index in [1.165, 1.54) is 0 Å². The van der Waals surface area contributed by atoms with Crippen molar-refractivity contribution in [2.75, 3.05) is 0 Å². The predicted molar refractivity (Wildman–Crippen MR) is 35.8 cm³/mol. The number of nitrogens with two attached hydrogens (primary N) is 1. The molecule has 0 bridgehead atoms. The molecule has 0 aliphatic heterocycles. The van der Waals surface area contributed by atoms with Crippen LogP contribution in [-0.2, 0) is 4.79 Å². The highest BCUT2D eigenvalue weighted by atomic mass is 19.4. The molecule has 2 N–H and O–H groups in total. The van der Waals surface area contributed by atoms with Crippen LogP contribution < -0.4 is 5.73 Å². The zero-order valence-corrected chi connectivity index (χ0v) is 5.95. The lowest BCUT2D eigenvalue weighted by Gasteiger charge is -2.03. The van der Waals surface area contributed by atoms with Crippen LogP contribution >= 0.6 is 0 Å². The summed E-state index contributed by atoms with van der Waals surface area (Å²) in [5, 5.41) is 0. The molecule has 0 aromatic heterocycles. The molecule has 0 rings (SSSR count). The molecule has 0 aliphatic rings. The summed E-state index contributed by atoms with van der Waals surface area (Å²) in [7, 11) is 0. The maximum absolute atomic E-state index is 11.5. The Morgan fingerprint density at radius 2 is 1.91 bits per heavy atom. The average molecular weight is 171 g/mol. The van der Waals surface area contributed by atoms with E-state index < -0.39 is 18.5 Å². The fourth-order valence-electron chi connectivity index (χ4n) is 0.625. The Bertz CT molecular complexity index is 137. The van der Waals surface area contributed by atoms with Crippen LogP contribution in [0.5, 0.6) is 0 Å². The molecule has 2 nitrogen and oxygen atoms in total. The summed E-state index contributed by atoms with van der Waals surface area (Å²) < 4.78 is 34.4. The van der Waals surface area contributed by atoms with Crippen molar-refractivity contribution in [2.24, 2.45) is 5.73 Å². The topological polar surface area (TPSA) is 43.1 Å². The predicted octanol–water partition coefficient (Wildman–Crippen LogP) is 1.84. The zero-order valence-electron chi connectivity index (χ0n) is 5.95. The highest BCUT2D eigenvalue weighted by molar-refractivity contribution is 5.73. The Hall–Kier alpha value is -0.740. The maximum Gasteiger partial charge on any atom is 0.389 e. The minimum Gasteiger partial charge on any atom is -0.370 e. The van der Waals surface area contributed by atoms with E-state index in [-0.39, 0.29) is 20.7 Å². The van der Waals surface area contributed by atoms with E-state index in [0.717, 1.165) is 0 Å². The average Bonchev–Trinajstić information content (AvgIpc) is 1.78. The van der Waals surface area contributed by atoms with E-state index in [2.05, 4.69) is 0 Å². The number of hydrogen-bond donors (Lipinski definition) is 1. The van der Waals surface area contributed by atoms with Crippen LogP contribution in [0, 0.1) is 0 Å². The van der Waals surface area contributed by atoms with Crippen molar-refractivity contribution in [1.82, 2.24) is 0 Å². The third kappa shape index (κ3) is 9.26. The van der Waals surface area contributed by atoms with E-state index in [0.29, 0.717) is 0 Å². The summed E-state index contributed by atoms with van der Waals surface area (Å²) >= 11 is 0. The number of primary amides is 1. The highest BCUT2D eigenvalue weighted by Gasteiger charge is 2.25. The molecule has 0 aromatic rings. The molecule has 0 saturated carbocycles. The summed E-state index contributed by atoms with van der Waals surface area (Å²) in [6.07, 6.45) is -4.71. The number of alkyl halides is 3. The van der Waals surface area contributed by atoms with Gasteiger partial charge in [-0.2, -0.15) is 13.2 Å². The van der Waals surface area contributed by atoms with E-state index in [4.69, 9.17) is 5.73 Å². The molecule has 0 aromatic carbocycles. The van der Waals surface area contributed by atoms with Crippen LogP contribution in [-0.4, -0.2) is 12.1 Å². The summed E-state index contributed by atoms with van der Waals surface area (Å²) in [4.78, 5) is 10.1.